The van der Waals surface area contributed by atoms with Gasteiger partial charge in [0.05, 0.1) is 6.61 Å². The zero-order chi connectivity index (χ0) is 8.69. The van der Waals surface area contributed by atoms with Crippen molar-refractivity contribution in [3.63, 3.8) is 0 Å². The van der Waals surface area contributed by atoms with Crippen LogP contribution in [0.1, 0.15) is 20.8 Å². The van der Waals surface area contributed by atoms with Crippen LogP contribution < -0.4 is 5.48 Å². The summed E-state index contributed by atoms with van der Waals surface area (Å²) in [5, 5.41) is 0. The number of rotatable bonds is 3. The Labute approximate surface area is 67.1 Å². The fourth-order valence-electron chi connectivity index (χ4n) is 0.413. The molecule has 0 aliphatic carbocycles. The number of carbonyl (C=O) groups excluding carboxylic acids is 1. The van der Waals surface area contributed by atoms with Crippen LogP contribution in [0.3, 0.4) is 0 Å². The highest BCUT2D eigenvalue weighted by molar-refractivity contribution is 5.92. The first kappa shape index (κ1) is 9.99. The van der Waals surface area contributed by atoms with E-state index in [1.807, 2.05) is 13.8 Å². The van der Waals surface area contributed by atoms with Crippen molar-refractivity contribution in [2.75, 3.05) is 6.61 Å². The summed E-state index contributed by atoms with van der Waals surface area (Å²) in [6, 6.07) is 0. The van der Waals surface area contributed by atoms with Crippen LogP contribution in [0, 0.1) is 17.8 Å². The van der Waals surface area contributed by atoms with Crippen molar-refractivity contribution in [2.45, 2.75) is 20.8 Å². The largest absolute Gasteiger partial charge is 0.319 e. The van der Waals surface area contributed by atoms with E-state index < -0.39 is 5.91 Å². The van der Waals surface area contributed by atoms with Crippen LogP contribution in [-0.2, 0) is 9.63 Å². The summed E-state index contributed by atoms with van der Waals surface area (Å²) >= 11 is 0. The minimum atomic E-state index is -0.395. The van der Waals surface area contributed by atoms with Gasteiger partial charge in [-0.2, -0.15) is 0 Å². The SMILES string of the molecule is CC#CC(=O)NOCC(C)C. The molecule has 3 nitrogen and oxygen atoms in total. The summed E-state index contributed by atoms with van der Waals surface area (Å²) < 4.78 is 0. The number of amides is 1. The summed E-state index contributed by atoms with van der Waals surface area (Å²) in [7, 11) is 0. The predicted octanol–water partition coefficient (Wildman–Crippen LogP) is 0.714. The molecule has 0 atom stereocenters. The molecule has 0 aromatic rings. The van der Waals surface area contributed by atoms with Gasteiger partial charge < -0.3 is 0 Å². The van der Waals surface area contributed by atoms with Gasteiger partial charge in [-0.15, -0.1) is 0 Å². The molecule has 0 fully saturated rings. The standard InChI is InChI=1S/C8H13NO2/c1-4-5-8(10)9-11-6-7(2)3/h7H,6H2,1-3H3,(H,9,10). The van der Waals surface area contributed by atoms with E-state index in [1.54, 1.807) is 6.92 Å². The zero-order valence-corrected chi connectivity index (χ0v) is 7.10. The van der Waals surface area contributed by atoms with Gasteiger partial charge >= 0.3 is 5.91 Å². The Morgan fingerprint density at radius 1 is 1.64 bits per heavy atom. The fraction of sp³-hybridized carbons (Fsp3) is 0.625. The molecular formula is C8H13NO2. The predicted molar refractivity (Wildman–Crippen MR) is 42.4 cm³/mol. The lowest BCUT2D eigenvalue weighted by Crippen LogP contribution is -2.23. The molecule has 0 unspecified atom stereocenters. The van der Waals surface area contributed by atoms with Gasteiger partial charge in [-0.3, -0.25) is 9.63 Å². The van der Waals surface area contributed by atoms with Crippen LogP contribution in [0.2, 0.25) is 0 Å². The van der Waals surface area contributed by atoms with Gasteiger partial charge in [0.15, 0.2) is 0 Å². The average molecular weight is 155 g/mol. The van der Waals surface area contributed by atoms with E-state index in [4.69, 9.17) is 4.84 Å². The molecule has 11 heavy (non-hydrogen) atoms. The third kappa shape index (κ3) is 6.88. The molecule has 0 saturated heterocycles. The normalized spacial score (nSPS) is 8.73. The topological polar surface area (TPSA) is 38.3 Å². The molecule has 0 saturated carbocycles. The number of hydrogen-bond donors (Lipinski definition) is 1. The maximum absolute atomic E-state index is 10.6. The summed E-state index contributed by atoms with van der Waals surface area (Å²) in [6.07, 6.45) is 0. The molecule has 0 bridgehead atoms. The molecule has 0 aliphatic heterocycles. The van der Waals surface area contributed by atoms with Crippen LogP contribution in [0.15, 0.2) is 0 Å². The highest BCUT2D eigenvalue weighted by atomic mass is 16.6. The molecule has 1 amide bonds. The van der Waals surface area contributed by atoms with Crippen molar-refractivity contribution in [1.82, 2.24) is 5.48 Å². The van der Waals surface area contributed by atoms with Gasteiger partial charge in [0.1, 0.15) is 0 Å². The molecule has 0 rings (SSSR count). The van der Waals surface area contributed by atoms with Crippen molar-refractivity contribution in [2.24, 2.45) is 5.92 Å². The van der Waals surface area contributed by atoms with Gasteiger partial charge in [0.2, 0.25) is 0 Å². The van der Waals surface area contributed by atoms with Gasteiger partial charge in [0, 0.05) is 0 Å². The Kier molecular flexibility index (Phi) is 5.22. The minimum Gasteiger partial charge on any atom is -0.273 e. The molecule has 0 heterocycles. The van der Waals surface area contributed by atoms with Crippen molar-refractivity contribution in [3.05, 3.63) is 0 Å². The summed E-state index contributed by atoms with van der Waals surface area (Å²) in [4.78, 5) is 15.4. The van der Waals surface area contributed by atoms with E-state index in [0.29, 0.717) is 12.5 Å². The lowest BCUT2D eigenvalue weighted by Gasteiger charge is -2.03. The molecule has 0 aliphatic rings. The van der Waals surface area contributed by atoms with Gasteiger partial charge in [-0.25, -0.2) is 5.48 Å². The molecule has 62 valence electrons. The van der Waals surface area contributed by atoms with E-state index in [2.05, 4.69) is 17.3 Å². The number of hydrogen-bond acceptors (Lipinski definition) is 2. The number of carbonyl (C=O) groups is 1. The maximum atomic E-state index is 10.6. The quantitative estimate of drug-likeness (QED) is 0.481. The Hall–Kier alpha value is -1.01. The monoisotopic (exact) mass is 155 g/mol. The number of hydroxylamine groups is 1. The maximum Gasteiger partial charge on any atom is 0.319 e. The number of nitrogens with one attached hydrogen (secondary N) is 1. The lowest BCUT2D eigenvalue weighted by atomic mass is 10.2. The van der Waals surface area contributed by atoms with E-state index >= 15 is 0 Å². The second kappa shape index (κ2) is 5.75. The molecule has 0 aromatic heterocycles. The van der Waals surface area contributed by atoms with Gasteiger partial charge in [-0.05, 0) is 18.8 Å². The second-order valence-corrected chi connectivity index (χ2v) is 2.51. The van der Waals surface area contributed by atoms with E-state index in [9.17, 15) is 4.79 Å². The molecular weight excluding hydrogens is 142 g/mol. The Balaban J connectivity index is 3.37. The lowest BCUT2D eigenvalue weighted by molar-refractivity contribution is -0.128. The van der Waals surface area contributed by atoms with E-state index in [1.165, 1.54) is 0 Å². The van der Waals surface area contributed by atoms with Crippen LogP contribution in [0.25, 0.3) is 0 Å². The second-order valence-electron chi connectivity index (χ2n) is 2.51. The van der Waals surface area contributed by atoms with Crippen molar-refractivity contribution < 1.29 is 9.63 Å². The molecule has 0 radical (unpaired) electrons. The first-order valence-electron chi connectivity index (χ1n) is 3.51. The zero-order valence-electron chi connectivity index (χ0n) is 7.10. The summed E-state index contributed by atoms with van der Waals surface area (Å²) in [5.41, 5.74) is 2.20. The summed E-state index contributed by atoms with van der Waals surface area (Å²) in [5.74, 6) is 4.77. The molecule has 0 aromatic carbocycles. The fourth-order valence-corrected chi connectivity index (χ4v) is 0.413. The molecule has 3 heteroatoms. The van der Waals surface area contributed by atoms with Crippen LogP contribution in [0.4, 0.5) is 0 Å². The molecule has 1 N–H and O–H groups in total. The smallest absolute Gasteiger partial charge is 0.273 e. The van der Waals surface area contributed by atoms with E-state index in [0.717, 1.165) is 0 Å². The highest BCUT2D eigenvalue weighted by Crippen LogP contribution is 1.89. The first-order valence-corrected chi connectivity index (χ1v) is 3.51. The Morgan fingerprint density at radius 2 is 2.27 bits per heavy atom. The third-order valence-electron chi connectivity index (χ3n) is 0.820. The van der Waals surface area contributed by atoms with E-state index in [-0.39, 0.29) is 0 Å². The van der Waals surface area contributed by atoms with Crippen LogP contribution >= 0.6 is 0 Å². The van der Waals surface area contributed by atoms with Crippen LogP contribution in [-0.4, -0.2) is 12.5 Å². The van der Waals surface area contributed by atoms with Crippen molar-refractivity contribution in [1.29, 1.82) is 0 Å². The Morgan fingerprint density at radius 3 is 2.73 bits per heavy atom. The van der Waals surface area contributed by atoms with Crippen molar-refractivity contribution >= 4 is 5.91 Å². The minimum absolute atomic E-state index is 0.395. The third-order valence-corrected chi connectivity index (χ3v) is 0.820. The molecule has 0 spiro atoms. The van der Waals surface area contributed by atoms with Gasteiger partial charge in [-0.1, -0.05) is 19.8 Å². The van der Waals surface area contributed by atoms with Crippen LogP contribution in [0.5, 0.6) is 0 Å². The highest BCUT2D eigenvalue weighted by Gasteiger charge is 1.95. The first-order chi connectivity index (χ1) is 5.16. The average Bonchev–Trinajstić information content (AvgIpc) is 1.87. The Bertz CT molecular complexity index is 176. The summed E-state index contributed by atoms with van der Waals surface area (Å²) in [6.45, 7) is 6.11. The van der Waals surface area contributed by atoms with Crippen molar-refractivity contribution in [3.8, 4) is 11.8 Å². The van der Waals surface area contributed by atoms with Gasteiger partial charge in [0.25, 0.3) is 0 Å².